The summed E-state index contributed by atoms with van der Waals surface area (Å²) in [5.74, 6) is 0. The monoisotopic (exact) mass is 307 g/mol. The molecule has 1 aromatic carbocycles. The van der Waals surface area contributed by atoms with Crippen LogP contribution in [0.15, 0.2) is 59.1 Å². The van der Waals surface area contributed by atoms with Crippen LogP contribution in [-0.2, 0) is 10.1 Å². The second-order valence-corrected chi connectivity index (χ2v) is 6.49. The fraction of sp³-hybridized carbons (Fsp3) is 0.0714. The van der Waals surface area contributed by atoms with Crippen LogP contribution in [0.1, 0.15) is 5.56 Å². The molecule has 0 bridgehead atoms. The van der Waals surface area contributed by atoms with E-state index in [1.807, 2.05) is 25.4 Å². The van der Waals surface area contributed by atoms with Gasteiger partial charge in [-0.2, -0.15) is 8.42 Å². The Morgan fingerprint density at radius 2 is 1.80 bits per heavy atom. The molecular formula is C14H13NO3S2. The molecule has 0 aliphatic heterocycles. The number of thiophene rings is 1. The molecule has 20 heavy (non-hydrogen) atoms. The van der Waals surface area contributed by atoms with Gasteiger partial charge in [0, 0.05) is 22.5 Å². The number of benzene rings is 1. The topological polar surface area (TPSA) is 67.3 Å². The smallest absolute Gasteiger partial charge is 0.282 e. The molecule has 0 radical (unpaired) electrons. The first-order valence-corrected chi connectivity index (χ1v) is 8.10. The molecular weight excluding hydrogens is 294 g/mol. The van der Waals surface area contributed by atoms with Crippen LogP contribution in [0.25, 0.3) is 10.1 Å². The zero-order chi connectivity index (χ0) is 14.6. The summed E-state index contributed by atoms with van der Waals surface area (Å²) in [6.45, 7) is 1.84. The van der Waals surface area contributed by atoms with Gasteiger partial charge in [-0.25, -0.2) is 0 Å². The van der Waals surface area contributed by atoms with Gasteiger partial charge in [0.25, 0.3) is 10.1 Å². The van der Waals surface area contributed by atoms with Crippen LogP contribution in [0.3, 0.4) is 0 Å². The maximum absolute atomic E-state index is 10.5. The van der Waals surface area contributed by atoms with Gasteiger partial charge in [-0.15, -0.1) is 11.3 Å². The SMILES string of the molecule is Cc1ccc(S(=O)(=O)O)cc1.c1cc2sccc2cn1. The van der Waals surface area contributed by atoms with E-state index < -0.39 is 10.1 Å². The predicted octanol–water partition coefficient (Wildman–Crippen LogP) is 3.54. The van der Waals surface area contributed by atoms with Crippen molar-refractivity contribution in [3.05, 3.63) is 59.7 Å². The minimum Gasteiger partial charge on any atom is -0.282 e. The fourth-order valence-electron chi connectivity index (χ4n) is 1.52. The van der Waals surface area contributed by atoms with Gasteiger partial charge in [0.15, 0.2) is 0 Å². The highest BCUT2D eigenvalue weighted by molar-refractivity contribution is 7.85. The minimum atomic E-state index is -4.02. The van der Waals surface area contributed by atoms with Crippen LogP contribution in [0.4, 0.5) is 0 Å². The van der Waals surface area contributed by atoms with Crippen molar-refractivity contribution in [2.75, 3.05) is 0 Å². The molecule has 3 rings (SSSR count). The summed E-state index contributed by atoms with van der Waals surface area (Å²) in [5, 5.41) is 3.31. The van der Waals surface area contributed by atoms with E-state index in [2.05, 4.69) is 16.4 Å². The van der Waals surface area contributed by atoms with Crippen LogP contribution in [0, 0.1) is 6.92 Å². The zero-order valence-corrected chi connectivity index (χ0v) is 12.4. The molecule has 0 aliphatic rings. The second kappa shape index (κ2) is 6.13. The number of rotatable bonds is 1. The van der Waals surface area contributed by atoms with E-state index >= 15 is 0 Å². The van der Waals surface area contributed by atoms with Crippen molar-refractivity contribution in [3.63, 3.8) is 0 Å². The molecule has 104 valence electrons. The first-order chi connectivity index (χ1) is 9.47. The molecule has 4 nitrogen and oxygen atoms in total. The lowest BCUT2D eigenvalue weighted by atomic mass is 10.2. The van der Waals surface area contributed by atoms with Crippen molar-refractivity contribution in [3.8, 4) is 0 Å². The third-order valence-electron chi connectivity index (χ3n) is 2.57. The second-order valence-electron chi connectivity index (χ2n) is 4.12. The van der Waals surface area contributed by atoms with Crippen molar-refractivity contribution in [1.29, 1.82) is 0 Å². The normalized spacial score (nSPS) is 10.9. The maximum atomic E-state index is 10.5. The van der Waals surface area contributed by atoms with Crippen molar-refractivity contribution < 1.29 is 13.0 Å². The summed E-state index contributed by atoms with van der Waals surface area (Å²) in [5.41, 5.74) is 0.956. The Bertz CT molecular complexity index is 762. The van der Waals surface area contributed by atoms with Gasteiger partial charge in [-0.05, 0) is 36.6 Å². The summed E-state index contributed by atoms with van der Waals surface area (Å²) in [4.78, 5) is 3.93. The molecule has 0 saturated carbocycles. The van der Waals surface area contributed by atoms with Gasteiger partial charge >= 0.3 is 0 Å². The summed E-state index contributed by atoms with van der Waals surface area (Å²) in [7, 11) is -4.02. The van der Waals surface area contributed by atoms with Crippen molar-refractivity contribution in [1.82, 2.24) is 4.98 Å². The highest BCUT2D eigenvalue weighted by atomic mass is 32.2. The van der Waals surface area contributed by atoms with E-state index in [1.54, 1.807) is 23.5 Å². The lowest BCUT2D eigenvalue weighted by Gasteiger charge is -1.95. The summed E-state index contributed by atoms with van der Waals surface area (Å²) >= 11 is 1.75. The van der Waals surface area contributed by atoms with Crippen LogP contribution in [0.2, 0.25) is 0 Å². The van der Waals surface area contributed by atoms with Crippen LogP contribution >= 0.6 is 11.3 Å². The minimum absolute atomic E-state index is 0.0666. The first-order valence-electron chi connectivity index (χ1n) is 5.78. The number of fused-ring (bicyclic) bond motifs is 1. The van der Waals surface area contributed by atoms with Crippen molar-refractivity contribution in [2.24, 2.45) is 0 Å². The average molecular weight is 307 g/mol. The molecule has 0 spiro atoms. The molecule has 2 aromatic heterocycles. The van der Waals surface area contributed by atoms with Crippen LogP contribution < -0.4 is 0 Å². The summed E-state index contributed by atoms with van der Waals surface area (Å²) in [6, 6.07) is 10.1. The Balaban J connectivity index is 0.000000149. The molecule has 0 aliphatic carbocycles. The van der Waals surface area contributed by atoms with E-state index in [1.165, 1.54) is 22.2 Å². The van der Waals surface area contributed by atoms with Gasteiger partial charge in [-0.1, -0.05) is 17.7 Å². The number of hydrogen-bond donors (Lipinski definition) is 1. The highest BCUT2D eigenvalue weighted by Crippen LogP contribution is 2.17. The lowest BCUT2D eigenvalue weighted by Crippen LogP contribution is -1.96. The third kappa shape index (κ3) is 3.86. The van der Waals surface area contributed by atoms with E-state index in [4.69, 9.17) is 4.55 Å². The van der Waals surface area contributed by atoms with Crippen LogP contribution in [0.5, 0.6) is 0 Å². The van der Waals surface area contributed by atoms with Gasteiger partial charge in [-0.3, -0.25) is 9.54 Å². The molecule has 6 heteroatoms. The largest absolute Gasteiger partial charge is 0.294 e. The summed E-state index contributed by atoms with van der Waals surface area (Å²) < 4.78 is 30.9. The molecule has 0 amide bonds. The fourth-order valence-corrected chi connectivity index (χ4v) is 2.75. The van der Waals surface area contributed by atoms with Gasteiger partial charge in [0.2, 0.25) is 0 Å². The van der Waals surface area contributed by atoms with Gasteiger partial charge < -0.3 is 0 Å². The van der Waals surface area contributed by atoms with E-state index in [0.29, 0.717) is 0 Å². The standard InChI is InChI=1S/C7H5NS.C7H8O3S/c1-3-8-5-6-2-4-9-7(1)6;1-6-2-4-7(5-3-6)11(8,9)10/h1-5H;2-5H,1H3,(H,8,9,10). The Hall–Kier alpha value is -1.76. The van der Waals surface area contributed by atoms with Crippen molar-refractivity contribution in [2.45, 2.75) is 11.8 Å². The average Bonchev–Trinajstić information content (AvgIpc) is 2.87. The Morgan fingerprint density at radius 3 is 2.40 bits per heavy atom. The molecule has 2 heterocycles. The van der Waals surface area contributed by atoms with Gasteiger partial charge in [0.1, 0.15) is 0 Å². The number of pyridine rings is 1. The highest BCUT2D eigenvalue weighted by Gasteiger charge is 2.06. The lowest BCUT2D eigenvalue weighted by molar-refractivity contribution is 0.483. The van der Waals surface area contributed by atoms with E-state index in [9.17, 15) is 8.42 Å². The number of nitrogens with zero attached hydrogens (tertiary/aromatic N) is 1. The number of aromatic nitrogens is 1. The molecule has 0 atom stereocenters. The maximum Gasteiger partial charge on any atom is 0.294 e. The first kappa shape index (κ1) is 14.6. The van der Waals surface area contributed by atoms with E-state index in [0.717, 1.165) is 5.56 Å². The molecule has 0 saturated heterocycles. The van der Waals surface area contributed by atoms with E-state index in [-0.39, 0.29) is 4.90 Å². The Labute approximate surface area is 121 Å². The third-order valence-corrected chi connectivity index (χ3v) is 4.34. The summed E-state index contributed by atoms with van der Waals surface area (Å²) in [6.07, 6.45) is 3.70. The Morgan fingerprint density at radius 1 is 1.10 bits per heavy atom. The zero-order valence-electron chi connectivity index (χ0n) is 10.7. The molecule has 3 aromatic rings. The van der Waals surface area contributed by atoms with Crippen LogP contribution in [-0.4, -0.2) is 18.0 Å². The number of aryl methyl sites for hydroxylation is 1. The Kier molecular flexibility index (Phi) is 4.49. The molecule has 0 fully saturated rings. The quantitative estimate of drug-likeness (QED) is 0.698. The van der Waals surface area contributed by atoms with Gasteiger partial charge in [0.05, 0.1) is 4.90 Å². The predicted molar refractivity (Wildman–Crippen MR) is 80.6 cm³/mol. The number of hydrogen-bond acceptors (Lipinski definition) is 4. The van der Waals surface area contributed by atoms with Crippen molar-refractivity contribution >= 4 is 31.5 Å². The molecule has 0 unspecified atom stereocenters. The molecule has 1 N–H and O–H groups in total.